The number of carboxylic acid groups (broad SMARTS) is 1. The molecule has 1 aliphatic heterocycles. The number of hydrogen-bond acceptors (Lipinski definition) is 3. The van der Waals surface area contributed by atoms with Crippen molar-refractivity contribution in [3.05, 3.63) is 35.4 Å². The van der Waals surface area contributed by atoms with E-state index in [9.17, 15) is 14.4 Å². The van der Waals surface area contributed by atoms with E-state index in [4.69, 9.17) is 5.11 Å². The summed E-state index contributed by atoms with van der Waals surface area (Å²) in [7, 11) is 1.73. The molecule has 0 radical (unpaired) electrons. The minimum Gasteiger partial charge on any atom is -0.478 e. The summed E-state index contributed by atoms with van der Waals surface area (Å²) >= 11 is 0. The van der Waals surface area contributed by atoms with Gasteiger partial charge in [-0.1, -0.05) is 25.0 Å². The molecule has 0 unspecified atom stereocenters. The first kappa shape index (κ1) is 17.5. The van der Waals surface area contributed by atoms with Crippen LogP contribution in [0.25, 0.3) is 0 Å². The quantitative estimate of drug-likeness (QED) is 0.888. The van der Waals surface area contributed by atoms with E-state index in [1.165, 1.54) is 25.0 Å². The van der Waals surface area contributed by atoms with Crippen molar-refractivity contribution >= 4 is 17.8 Å². The molecule has 3 rings (SSSR count). The molecule has 2 amide bonds. The van der Waals surface area contributed by atoms with Crippen molar-refractivity contribution in [1.82, 2.24) is 9.80 Å². The molecule has 0 bridgehead atoms. The second-order valence-electron chi connectivity index (χ2n) is 7.08. The van der Waals surface area contributed by atoms with E-state index in [1.807, 2.05) is 4.90 Å². The SMILES string of the molecule is CN(Cc1ccc(C(=O)O)cc1)C(=O)[C@@H]1CC(=O)N(C2CCCC2)C1. The summed E-state index contributed by atoms with van der Waals surface area (Å²) in [4.78, 5) is 39.4. The van der Waals surface area contributed by atoms with E-state index in [1.54, 1.807) is 24.1 Å². The van der Waals surface area contributed by atoms with Crippen molar-refractivity contribution in [3.63, 3.8) is 0 Å². The van der Waals surface area contributed by atoms with E-state index in [0.717, 1.165) is 18.4 Å². The number of aromatic carboxylic acids is 1. The Morgan fingerprint density at radius 1 is 1.20 bits per heavy atom. The van der Waals surface area contributed by atoms with Crippen LogP contribution in [0, 0.1) is 5.92 Å². The summed E-state index contributed by atoms with van der Waals surface area (Å²) in [5.41, 5.74) is 1.10. The molecule has 6 heteroatoms. The highest BCUT2D eigenvalue weighted by molar-refractivity contribution is 5.89. The molecular formula is C19H24N2O4. The molecule has 2 fully saturated rings. The zero-order chi connectivity index (χ0) is 18.0. The third kappa shape index (κ3) is 3.83. The van der Waals surface area contributed by atoms with Gasteiger partial charge in [-0.05, 0) is 30.5 Å². The molecule has 2 aliphatic rings. The third-order valence-electron chi connectivity index (χ3n) is 5.27. The average molecular weight is 344 g/mol. The van der Waals surface area contributed by atoms with Crippen LogP contribution in [0.15, 0.2) is 24.3 Å². The van der Waals surface area contributed by atoms with Crippen LogP contribution in [0.4, 0.5) is 0 Å². The molecular weight excluding hydrogens is 320 g/mol. The maximum atomic E-state index is 12.7. The minimum absolute atomic E-state index is 0.0174. The lowest BCUT2D eigenvalue weighted by atomic mass is 10.1. The van der Waals surface area contributed by atoms with Gasteiger partial charge in [0.15, 0.2) is 0 Å². The number of carboxylic acids is 1. The van der Waals surface area contributed by atoms with Gasteiger partial charge in [-0.3, -0.25) is 9.59 Å². The molecule has 1 N–H and O–H groups in total. The summed E-state index contributed by atoms with van der Waals surface area (Å²) < 4.78 is 0. The number of carbonyl (C=O) groups excluding carboxylic acids is 2. The van der Waals surface area contributed by atoms with Gasteiger partial charge in [0.1, 0.15) is 0 Å². The Labute approximate surface area is 147 Å². The maximum absolute atomic E-state index is 12.7. The minimum atomic E-state index is -0.965. The van der Waals surface area contributed by atoms with Gasteiger partial charge in [-0.2, -0.15) is 0 Å². The fourth-order valence-corrected chi connectivity index (χ4v) is 3.88. The van der Waals surface area contributed by atoms with Gasteiger partial charge >= 0.3 is 5.97 Å². The van der Waals surface area contributed by atoms with Crippen molar-refractivity contribution < 1.29 is 19.5 Å². The topological polar surface area (TPSA) is 77.9 Å². The van der Waals surface area contributed by atoms with E-state index < -0.39 is 5.97 Å². The Bertz CT molecular complexity index is 665. The van der Waals surface area contributed by atoms with Crippen LogP contribution in [0.5, 0.6) is 0 Å². The lowest BCUT2D eigenvalue weighted by Gasteiger charge is -2.25. The van der Waals surface area contributed by atoms with Crippen molar-refractivity contribution in [2.45, 2.75) is 44.7 Å². The molecule has 1 saturated heterocycles. The fourth-order valence-electron chi connectivity index (χ4n) is 3.88. The molecule has 0 spiro atoms. The Hall–Kier alpha value is -2.37. The van der Waals surface area contributed by atoms with Crippen LogP contribution in [0.2, 0.25) is 0 Å². The lowest BCUT2D eigenvalue weighted by molar-refractivity contribution is -0.135. The van der Waals surface area contributed by atoms with Gasteiger partial charge in [0.05, 0.1) is 11.5 Å². The molecule has 6 nitrogen and oxygen atoms in total. The third-order valence-corrected chi connectivity index (χ3v) is 5.27. The highest BCUT2D eigenvalue weighted by atomic mass is 16.4. The molecule has 1 heterocycles. The van der Waals surface area contributed by atoms with Gasteiger partial charge < -0.3 is 14.9 Å². The highest BCUT2D eigenvalue weighted by Crippen LogP contribution is 2.30. The Morgan fingerprint density at radius 2 is 1.84 bits per heavy atom. The van der Waals surface area contributed by atoms with Crippen molar-refractivity contribution in [2.75, 3.05) is 13.6 Å². The smallest absolute Gasteiger partial charge is 0.335 e. The first-order valence-corrected chi connectivity index (χ1v) is 8.82. The first-order valence-electron chi connectivity index (χ1n) is 8.82. The lowest BCUT2D eigenvalue weighted by Crippen LogP contribution is -2.37. The average Bonchev–Trinajstić information content (AvgIpc) is 3.23. The van der Waals surface area contributed by atoms with Crippen molar-refractivity contribution in [2.24, 2.45) is 5.92 Å². The zero-order valence-electron chi connectivity index (χ0n) is 14.5. The summed E-state index contributed by atoms with van der Waals surface area (Å²) in [6.45, 7) is 0.942. The summed E-state index contributed by atoms with van der Waals surface area (Å²) in [5.74, 6) is -1.15. The first-order chi connectivity index (χ1) is 12.0. The van der Waals surface area contributed by atoms with Crippen LogP contribution in [0.1, 0.15) is 48.0 Å². The largest absolute Gasteiger partial charge is 0.478 e. The van der Waals surface area contributed by atoms with Crippen LogP contribution in [0.3, 0.4) is 0 Å². The Morgan fingerprint density at radius 3 is 2.44 bits per heavy atom. The molecule has 1 saturated carbocycles. The van der Waals surface area contributed by atoms with Gasteiger partial charge in [-0.25, -0.2) is 4.79 Å². The number of nitrogens with zero attached hydrogens (tertiary/aromatic N) is 2. The van der Waals surface area contributed by atoms with E-state index >= 15 is 0 Å². The number of rotatable bonds is 5. The molecule has 1 aromatic rings. The number of hydrogen-bond donors (Lipinski definition) is 1. The Balaban J connectivity index is 1.58. The van der Waals surface area contributed by atoms with Crippen LogP contribution >= 0.6 is 0 Å². The molecule has 134 valence electrons. The predicted octanol–water partition coefficient (Wildman–Crippen LogP) is 2.13. The molecule has 1 aromatic carbocycles. The van der Waals surface area contributed by atoms with E-state index in [0.29, 0.717) is 25.6 Å². The summed E-state index contributed by atoms with van der Waals surface area (Å²) in [5, 5.41) is 8.93. The highest BCUT2D eigenvalue weighted by Gasteiger charge is 2.39. The van der Waals surface area contributed by atoms with Gasteiger partial charge in [0.25, 0.3) is 0 Å². The van der Waals surface area contributed by atoms with Gasteiger partial charge in [0.2, 0.25) is 11.8 Å². The van der Waals surface area contributed by atoms with Crippen molar-refractivity contribution in [3.8, 4) is 0 Å². The van der Waals surface area contributed by atoms with Crippen LogP contribution < -0.4 is 0 Å². The van der Waals surface area contributed by atoms with Gasteiger partial charge in [-0.15, -0.1) is 0 Å². The monoisotopic (exact) mass is 344 g/mol. The number of benzene rings is 1. The summed E-state index contributed by atoms with van der Waals surface area (Å²) in [6.07, 6.45) is 4.74. The number of carbonyl (C=O) groups is 3. The summed E-state index contributed by atoms with van der Waals surface area (Å²) in [6, 6.07) is 6.84. The normalized spacial score (nSPS) is 20.9. The number of likely N-dealkylation sites (tertiary alicyclic amines) is 1. The standard InChI is InChI=1S/C19H24N2O4/c1-20(11-13-6-8-14(9-7-13)19(24)25)18(23)15-10-17(22)21(12-15)16-4-2-3-5-16/h6-9,15-16H,2-5,10-12H2,1H3,(H,24,25)/t15-/m1/s1. The number of amides is 2. The van der Waals surface area contributed by atoms with E-state index in [-0.39, 0.29) is 23.3 Å². The van der Waals surface area contributed by atoms with Crippen LogP contribution in [-0.4, -0.2) is 52.3 Å². The fraction of sp³-hybridized carbons (Fsp3) is 0.526. The predicted molar refractivity (Wildman–Crippen MR) is 92.0 cm³/mol. The zero-order valence-corrected chi connectivity index (χ0v) is 14.5. The van der Waals surface area contributed by atoms with E-state index in [2.05, 4.69) is 0 Å². The molecule has 0 aromatic heterocycles. The molecule has 1 atom stereocenters. The molecule has 25 heavy (non-hydrogen) atoms. The van der Waals surface area contributed by atoms with Crippen molar-refractivity contribution in [1.29, 1.82) is 0 Å². The molecule has 1 aliphatic carbocycles. The second-order valence-corrected chi connectivity index (χ2v) is 7.08. The van der Waals surface area contributed by atoms with Gasteiger partial charge in [0, 0.05) is 32.6 Å². The van der Waals surface area contributed by atoms with Crippen LogP contribution in [-0.2, 0) is 16.1 Å². The maximum Gasteiger partial charge on any atom is 0.335 e. The Kier molecular flexibility index (Phi) is 5.06. The second kappa shape index (κ2) is 7.25.